The van der Waals surface area contributed by atoms with Gasteiger partial charge in [-0.3, -0.25) is 14.5 Å². The van der Waals surface area contributed by atoms with Crippen LogP contribution in [0.5, 0.6) is 0 Å². The van der Waals surface area contributed by atoms with Crippen LogP contribution in [-0.4, -0.2) is 41.0 Å². The normalized spacial score (nSPS) is 19.5. The van der Waals surface area contributed by atoms with Gasteiger partial charge in [0.05, 0.1) is 13.1 Å². The molecule has 0 spiro atoms. The first kappa shape index (κ1) is 14.0. The molecule has 104 valence electrons. The third-order valence-electron chi connectivity index (χ3n) is 3.41. The van der Waals surface area contributed by atoms with Crippen LogP contribution in [0.1, 0.15) is 23.3 Å². The van der Waals surface area contributed by atoms with E-state index >= 15 is 0 Å². The largest absolute Gasteiger partial charge is 0.480 e. The highest BCUT2D eigenvalue weighted by molar-refractivity contribution is 7.10. The number of carboxylic acids is 1. The molecule has 19 heavy (non-hydrogen) atoms. The Bertz CT molecular complexity index is 472. The summed E-state index contributed by atoms with van der Waals surface area (Å²) in [5, 5.41) is 13.9. The van der Waals surface area contributed by atoms with Gasteiger partial charge in [-0.25, -0.2) is 0 Å². The molecular formula is C13H18N2O3S. The Labute approximate surface area is 116 Å². The lowest BCUT2D eigenvalue weighted by atomic mass is 10.2. The molecule has 0 aliphatic carbocycles. The summed E-state index contributed by atoms with van der Waals surface area (Å²) in [6.07, 6.45) is 1.47. The minimum absolute atomic E-state index is 0.110. The quantitative estimate of drug-likeness (QED) is 0.852. The predicted molar refractivity (Wildman–Crippen MR) is 73.1 cm³/mol. The van der Waals surface area contributed by atoms with E-state index < -0.39 is 12.0 Å². The summed E-state index contributed by atoms with van der Waals surface area (Å²) in [5.74, 6) is -0.944. The number of carbonyl (C=O) groups excluding carboxylic acids is 1. The summed E-state index contributed by atoms with van der Waals surface area (Å²) >= 11 is 1.62. The Kier molecular flexibility index (Phi) is 4.55. The Morgan fingerprint density at radius 2 is 2.37 bits per heavy atom. The van der Waals surface area contributed by atoms with Crippen molar-refractivity contribution in [3.05, 3.63) is 21.9 Å². The number of nitrogens with zero attached hydrogens (tertiary/aromatic N) is 1. The highest BCUT2D eigenvalue weighted by Gasteiger charge is 2.31. The third kappa shape index (κ3) is 3.54. The van der Waals surface area contributed by atoms with Crippen LogP contribution in [0, 0.1) is 6.92 Å². The van der Waals surface area contributed by atoms with Crippen molar-refractivity contribution in [2.45, 2.75) is 32.4 Å². The Morgan fingerprint density at radius 1 is 1.58 bits per heavy atom. The van der Waals surface area contributed by atoms with Crippen LogP contribution in [0.2, 0.25) is 0 Å². The first-order chi connectivity index (χ1) is 9.08. The number of aliphatic carboxylic acids is 1. The zero-order valence-corrected chi connectivity index (χ0v) is 11.7. The zero-order valence-electron chi connectivity index (χ0n) is 10.9. The van der Waals surface area contributed by atoms with Crippen LogP contribution in [0.25, 0.3) is 0 Å². The number of rotatable bonds is 5. The van der Waals surface area contributed by atoms with Gasteiger partial charge >= 0.3 is 5.97 Å². The Morgan fingerprint density at radius 3 is 3.00 bits per heavy atom. The number of nitrogens with one attached hydrogen (secondary N) is 1. The zero-order chi connectivity index (χ0) is 13.8. The van der Waals surface area contributed by atoms with Gasteiger partial charge in [0, 0.05) is 4.88 Å². The van der Waals surface area contributed by atoms with E-state index in [9.17, 15) is 9.59 Å². The van der Waals surface area contributed by atoms with Gasteiger partial charge in [-0.1, -0.05) is 0 Å². The molecule has 1 atom stereocenters. The van der Waals surface area contributed by atoms with Crippen molar-refractivity contribution in [2.24, 2.45) is 0 Å². The molecule has 0 bridgehead atoms. The number of thiophene rings is 1. The van der Waals surface area contributed by atoms with Gasteiger partial charge in [0.2, 0.25) is 5.91 Å². The lowest BCUT2D eigenvalue weighted by Gasteiger charge is -2.20. The maximum atomic E-state index is 11.8. The molecule has 5 nitrogen and oxygen atoms in total. The molecule has 1 aromatic heterocycles. The average Bonchev–Trinajstić information content (AvgIpc) is 2.95. The molecule has 1 aliphatic rings. The topological polar surface area (TPSA) is 69.6 Å². The summed E-state index contributed by atoms with van der Waals surface area (Å²) in [6, 6.07) is 1.52. The molecule has 0 aromatic carbocycles. The molecule has 6 heteroatoms. The van der Waals surface area contributed by atoms with Crippen molar-refractivity contribution in [1.82, 2.24) is 10.2 Å². The van der Waals surface area contributed by atoms with E-state index in [-0.39, 0.29) is 12.5 Å². The van der Waals surface area contributed by atoms with Crippen LogP contribution in [0.15, 0.2) is 11.4 Å². The number of hydrogen-bond acceptors (Lipinski definition) is 4. The summed E-state index contributed by atoms with van der Waals surface area (Å²) in [5.41, 5.74) is 1.18. The molecule has 1 aliphatic heterocycles. The van der Waals surface area contributed by atoms with Crippen molar-refractivity contribution in [3.63, 3.8) is 0 Å². The van der Waals surface area contributed by atoms with Gasteiger partial charge in [-0.05, 0) is 43.3 Å². The predicted octanol–water partition coefficient (Wildman–Crippen LogP) is 1.22. The molecule has 0 saturated carbocycles. The number of hydrogen-bond donors (Lipinski definition) is 2. The second kappa shape index (κ2) is 6.16. The number of carbonyl (C=O) groups is 2. The highest BCUT2D eigenvalue weighted by Crippen LogP contribution is 2.17. The monoisotopic (exact) mass is 282 g/mol. The van der Waals surface area contributed by atoms with Gasteiger partial charge in [-0.2, -0.15) is 0 Å². The van der Waals surface area contributed by atoms with Crippen LogP contribution < -0.4 is 5.32 Å². The molecule has 1 saturated heterocycles. The van der Waals surface area contributed by atoms with E-state index in [4.69, 9.17) is 5.11 Å². The van der Waals surface area contributed by atoms with Crippen LogP contribution in [-0.2, 0) is 16.1 Å². The van der Waals surface area contributed by atoms with Gasteiger partial charge in [0.1, 0.15) is 6.04 Å². The van der Waals surface area contributed by atoms with E-state index in [1.165, 1.54) is 5.56 Å². The van der Waals surface area contributed by atoms with E-state index in [2.05, 4.69) is 5.32 Å². The van der Waals surface area contributed by atoms with E-state index in [0.29, 0.717) is 19.5 Å². The molecule has 1 unspecified atom stereocenters. The van der Waals surface area contributed by atoms with Gasteiger partial charge in [0.15, 0.2) is 0 Å². The molecule has 1 fully saturated rings. The molecule has 2 N–H and O–H groups in total. The number of amides is 1. The van der Waals surface area contributed by atoms with Gasteiger partial charge < -0.3 is 10.4 Å². The van der Waals surface area contributed by atoms with Crippen LogP contribution >= 0.6 is 11.3 Å². The molecule has 2 heterocycles. The first-order valence-corrected chi connectivity index (χ1v) is 7.22. The smallest absolute Gasteiger partial charge is 0.320 e. The van der Waals surface area contributed by atoms with Crippen molar-refractivity contribution in [1.29, 1.82) is 0 Å². The van der Waals surface area contributed by atoms with Gasteiger partial charge in [-0.15, -0.1) is 11.3 Å². The minimum atomic E-state index is -0.834. The van der Waals surface area contributed by atoms with Crippen LogP contribution in [0.4, 0.5) is 0 Å². The van der Waals surface area contributed by atoms with Crippen LogP contribution in [0.3, 0.4) is 0 Å². The lowest BCUT2D eigenvalue weighted by molar-refractivity contribution is -0.142. The maximum absolute atomic E-state index is 11.8. The molecular weight excluding hydrogens is 264 g/mol. The summed E-state index contributed by atoms with van der Waals surface area (Å²) in [4.78, 5) is 25.7. The third-order valence-corrected chi connectivity index (χ3v) is 4.43. The summed E-state index contributed by atoms with van der Waals surface area (Å²) in [7, 11) is 0. The minimum Gasteiger partial charge on any atom is -0.480 e. The Hall–Kier alpha value is -1.40. The van der Waals surface area contributed by atoms with E-state index in [1.807, 2.05) is 18.4 Å². The van der Waals surface area contributed by atoms with E-state index in [1.54, 1.807) is 16.2 Å². The van der Waals surface area contributed by atoms with Crippen molar-refractivity contribution >= 4 is 23.2 Å². The number of likely N-dealkylation sites (tertiary alicyclic amines) is 1. The number of carboxylic acid groups (broad SMARTS) is 1. The number of aryl methyl sites for hydroxylation is 1. The lowest BCUT2D eigenvalue weighted by Crippen LogP contribution is -2.42. The Balaban J connectivity index is 1.81. The van der Waals surface area contributed by atoms with Crippen molar-refractivity contribution in [3.8, 4) is 0 Å². The standard InChI is InChI=1S/C13H18N2O3S/c1-9-4-6-19-11(9)7-14-12(16)8-15-5-2-3-10(15)13(17)18/h4,6,10H,2-3,5,7-8H2,1H3,(H,14,16)(H,17,18). The maximum Gasteiger partial charge on any atom is 0.320 e. The van der Waals surface area contributed by atoms with E-state index in [0.717, 1.165) is 11.3 Å². The van der Waals surface area contributed by atoms with Crippen molar-refractivity contribution < 1.29 is 14.7 Å². The second-order valence-electron chi connectivity index (χ2n) is 4.77. The molecule has 1 aromatic rings. The molecule has 1 amide bonds. The fraction of sp³-hybridized carbons (Fsp3) is 0.538. The van der Waals surface area contributed by atoms with Gasteiger partial charge in [0.25, 0.3) is 0 Å². The highest BCUT2D eigenvalue weighted by atomic mass is 32.1. The molecule has 0 radical (unpaired) electrons. The summed E-state index contributed by atoms with van der Waals surface area (Å²) in [6.45, 7) is 3.39. The average molecular weight is 282 g/mol. The fourth-order valence-corrected chi connectivity index (χ4v) is 3.15. The molecule has 2 rings (SSSR count). The second-order valence-corrected chi connectivity index (χ2v) is 5.77. The van der Waals surface area contributed by atoms with Crippen molar-refractivity contribution in [2.75, 3.05) is 13.1 Å². The SMILES string of the molecule is Cc1ccsc1CNC(=O)CN1CCCC1C(=O)O. The summed E-state index contributed by atoms with van der Waals surface area (Å²) < 4.78 is 0. The first-order valence-electron chi connectivity index (χ1n) is 6.34. The fourth-order valence-electron chi connectivity index (χ4n) is 2.30.